The monoisotopic (exact) mass is 239 g/mol. The molecule has 0 spiro atoms. The summed E-state index contributed by atoms with van der Waals surface area (Å²) in [5.74, 6) is 0.909. The fourth-order valence-corrected chi connectivity index (χ4v) is 1.98. The van der Waals surface area contributed by atoms with Crippen LogP contribution in [0.1, 0.15) is 19.3 Å². The molecule has 1 N–H and O–H groups in total. The molecular formula is C11H14BrN. The summed E-state index contributed by atoms with van der Waals surface area (Å²) in [5.41, 5.74) is 1.22. The van der Waals surface area contributed by atoms with Crippen LogP contribution in [0.25, 0.3) is 0 Å². The highest BCUT2D eigenvalue weighted by molar-refractivity contribution is 9.10. The topological polar surface area (TPSA) is 12.0 Å². The van der Waals surface area contributed by atoms with E-state index < -0.39 is 0 Å². The van der Waals surface area contributed by atoms with E-state index in [2.05, 4.69) is 39.4 Å². The second-order valence-electron chi connectivity index (χ2n) is 3.66. The van der Waals surface area contributed by atoms with E-state index in [0.717, 1.165) is 16.9 Å². The molecule has 0 aromatic heterocycles. The van der Waals surface area contributed by atoms with Crippen molar-refractivity contribution in [2.75, 3.05) is 11.9 Å². The maximum Gasteiger partial charge on any atom is 0.0484 e. The van der Waals surface area contributed by atoms with Crippen LogP contribution >= 0.6 is 15.9 Å². The molecule has 0 aliphatic heterocycles. The highest BCUT2D eigenvalue weighted by atomic mass is 79.9. The Labute approximate surface area is 87.7 Å². The van der Waals surface area contributed by atoms with Gasteiger partial charge in [0.15, 0.2) is 0 Å². The Kier molecular flexibility index (Phi) is 2.89. The predicted molar refractivity (Wildman–Crippen MR) is 60.0 cm³/mol. The van der Waals surface area contributed by atoms with Crippen LogP contribution in [0.4, 0.5) is 5.69 Å². The van der Waals surface area contributed by atoms with Gasteiger partial charge in [-0.05, 0) is 46.8 Å². The summed E-state index contributed by atoms with van der Waals surface area (Å²) in [6, 6.07) is 8.29. The van der Waals surface area contributed by atoms with E-state index in [1.807, 2.05) is 6.07 Å². The summed E-state index contributed by atoms with van der Waals surface area (Å²) >= 11 is 3.52. The van der Waals surface area contributed by atoms with E-state index >= 15 is 0 Å². The van der Waals surface area contributed by atoms with Crippen LogP contribution in [0.3, 0.4) is 0 Å². The van der Waals surface area contributed by atoms with Gasteiger partial charge >= 0.3 is 0 Å². The molecule has 0 saturated heterocycles. The van der Waals surface area contributed by atoms with E-state index in [4.69, 9.17) is 0 Å². The van der Waals surface area contributed by atoms with Crippen LogP contribution in [0.15, 0.2) is 28.7 Å². The Bertz CT molecular complexity index is 281. The molecular weight excluding hydrogens is 226 g/mol. The van der Waals surface area contributed by atoms with Crippen molar-refractivity contribution >= 4 is 21.6 Å². The van der Waals surface area contributed by atoms with Crippen molar-refractivity contribution in [1.82, 2.24) is 0 Å². The summed E-state index contributed by atoms with van der Waals surface area (Å²) in [6.45, 7) is 1.13. The lowest BCUT2D eigenvalue weighted by Crippen LogP contribution is -2.20. The minimum atomic E-state index is 0.909. The van der Waals surface area contributed by atoms with Gasteiger partial charge in [0, 0.05) is 16.7 Å². The number of rotatable bonds is 3. The number of benzene rings is 1. The quantitative estimate of drug-likeness (QED) is 0.850. The lowest BCUT2D eigenvalue weighted by atomic mass is 9.85. The molecule has 2 heteroatoms. The predicted octanol–water partition coefficient (Wildman–Crippen LogP) is 3.66. The molecule has 70 valence electrons. The molecule has 2 rings (SSSR count). The van der Waals surface area contributed by atoms with Gasteiger partial charge in [-0.15, -0.1) is 0 Å². The second-order valence-corrected chi connectivity index (χ2v) is 4.51. The average molecular weight is 240 g/mol. The van der Waals surface area contributed by atoms with Crippen LogP contribution < -0.4 is 5.32 Å². The first-order valence-corrected chi connectivity index (χ1v) is 5.64. The molecule has 1 aliphatic carbocycles. The normalized spacial score (nSPS) is 16.7. The third-order valence-corrected chi connectivity index (χ3v) is 3.37. The van der Waals surface area contributed by atoms with Crippen LogP contribution in [-0.2, 0) is 0 Å². The molecule has 1 aromatic rings. The van der Waals surface area contributed by atoms with Gasteiger partial charge in [0.2, 0.25) is 0 Å². The van der Waals surface area contributed by atoms with Crippen molar-refractivity contribution in [3.63, 3.8) is 0 Å². The zero-order valence-electron chi connectivity index (χ0n) is 7.59. The van der Waals surface area contributed by atoms with Crippen molar-refractivity contribution in [3.05, 3.63) is 28.7 Å². The molecule has 1 nitrogen and oxygen atoms in total. The summed E-state index contributed by atoms with van der Waals surface area (Å²) < 4.78 is 1.16. The molecule has 0 radical (unpaired) electrons. The third-order valence-electron chi connectivity index (χ3n) is 2.68. The number of anilines is 1. The summed E-state index contributed by atoms with van der Waals surface area (Å²) in [5, 5.41) is 3.47. The van der Waals surface area contributed by atoms with Crippen LogP contribution in [0.5, 0.6) is 0 Å². The van der Waals surface area contributed by atoms with Crippen LogP contribution in [0.2, 0.25) is 0 Å². The lowest BCUT2D eigenvalue weighted by molar-refractivity contribution is 0.333. The highest BCUT2D eigenvalue weighted by Gasteiger charge is 2.16. The molecule has 0 unspecified atom stereocenters. The molecule has 1 aliphatic rings. The Balaban J connectivity index is 1.89. The summed E-state index contributed by atoms with van der Waals surface area (Å²) in [4.78, 5) is 0. The Morgan fingerprint density at radius 1 is 1.31 bits per heavy atom. The number of nitrogens with one attached hydrogen (secondary N) is 1. The van der Waals surface area contributed by atoms with Crippen molar-refractivity contribution < 1.29 is 0 Å². The molecule has 0 heterocycles. The minimum Gasteiger partial charge on any atom is -0.384 e. The first-order chi connectivity index (χ1) is 6.36. The minimum absolute atomic E-state index is 0.909. The Morgan fingerprint density at radius 3 is 2.69 bits per heavy atom. The van der Waals surface area contributed by atoms with Gasteiger partial charge < -0.3 is 5.32 Å². The molecule has 1 aromatic carbocycles. The fourth-order valence-electron chi connectivity index (χ4n) is 1.56. The molecule has 0 atom stereocenters. The SMILES string of the molecule is Brc1ccccc1NCC1CCC1. The summed E-state index contributed by atoms with van der Waals surface area (Å²) in [6.07, 6.45) is 4.22. The number of hydrogen-bond donors (Lipinski definition) is 1. The largest absolute Gasteiger partial charge is 0.384 e. The standard InChI is InChI=1S/C11H14BrN/c12-10-6-1-2-7-11(10)13-8-9-4-3-5-9/h1-2,6-7,9,13H,3-5,8H2. The maximum atomic E-state index is 3.52. The molecule has 0 bridgehead atoms. The van der Waals surface area contributed by atoms with E-state index in [0.29, 0.717) is 0 Å². The van der Waals surface area contributed by atoms with Gasteiger partial charge in [-0.3, -0.25) is 0 Å². The van der Waals surface area contributed by atoms with Crippen molar-refractivity contribution in [2.45, 2.75) is 19.3 Å². The van der Waals surface area contributed by atoms with Gasteiger partial charge in [-0.25, -0.2) is 0 Å². The second kappa shape index (κ2) is 4.14. The molecule has 13 heavy (non-hydrogen) atoms. The molecule has 1 fully saturated rings. The van der Waals surface area contributed by atoms with Crippen molar-refractivity contribution in [1.29, 1.82) is 0 Å². The van der Waals surface area contributed by atoms with E-state index in [1.165, 1.54) is 24.9 Å². The van der Waals surface area contributed by atoms with Gasteiger partial charge in [-0.1, -0.05) is 18.6 Å². The number of hydrogen-bond acceptors (Lipinski definition) is 1. The zero-order chi connectivity index (χ0) is 9.10. The smallest absolute Gasteiger partial charge is 0.0484 e. The molecule has 1 saturated carbocycles. The Morgan fingerprint density at radius 2 is 2.08 bits per heavy atom. The third kappa shape index (κ3) is 2.25. The van der Waals surface area contributed by atoms with Crippen LogP contribution in [-0.4, -0.2) is 6.54 Å². The number of halogens is 1. The highest BCUT2D eigenvalue weighted by Crippen LogP contribution is 2.28. The first-order valence-electron chi connectivity index (χ1n) is 4.84. The van der Waals surface area contributed by atoms with Crippen LogP contribution in [0, 0.1) is 5.92 Å². The summed E-state index contributed by atoms with van der Waals surface area (Å²) in [7, 11) is 0. The van der Waals surface area contributed by atoms with Gasteiger partial charge in [0.05, 0.1) is 0 Å². The zero-order valence-corrected chi connectivity index (χ0v) is 9.18. The van der Waals surface area contributed by atoms with Gasteiger partial charge in [0.1, 0.15) is 0 Å². The van der Waals surface area contributed by atoms with Crippen molar-refractivity contribution in [3.8, 4) is 0 Å². The first kappa shape index (κ1) is 9.07. The lowest BCUT2D eigenvalue weighted by Gasteiger charge is -2.26. The fraction of sp³-hybridized carbons (Fsp3) is 0.455. The van der Waals surface area contributed by atoms with Gasteiger partial charge in [0.25, 0.3) is 0 Å². The maximum absolute atomic E-state index is 3.52. The molecule has 0 amide bonds. The Hall–Kier alpha value is -0.500. The van der Waals surface area contributed by atoms with E-state index in [9.17, 15) is 0 Å². The van der Waals surface area contributed by atoms with E-state index in [-0.39, 0.29) is 0 Å². The van der Waals surface area contributed by atoms with Gasteiger partial charge in [-0.2, -0.15) is 0 Å². The number of para-hydroxylation sites is 1. The average Bonchev–Trinajstić information content (AvgIpc) is 2.05. The van der Waals surface area contributed by atoms with E-state index in [1.54, 1.807) is 0 Å². The van der Waals surface area contributed by atoms with Crippen molar-refractivity contribution in [2.24, 2.45) is 5.92 Å².